The van der Waals surface area contributed by atoms with Crippen LogP contribution in [0.5, 0.6) is 0 Å². The molecule has 0 saturated carbocycles. The number of piperidine rings is 3. The summed E-state index contributed by atoms with van der Waals surface area (Å²) in [5.41, 5.74) is 8.58. The van der Waals surface area contributed by atoms with Crippen LogP contribution in [-0.2, 0) is 0 Å². The number of carbonyl (C=O) groups excluding carboxylic acids is 2. The third-order valence-corrected chi connectivity index (χ3v) is 7.13. The topological polar surface area (TPSA) is 92.9 Å². The summed E-state index contributed by atoms with van der Waals surface area (Å²) in [7, 11) is 0. The number of carbonyl (C=O) groups is 2. The number of fused-ring (bicyclic) bond motifs is 4. The Morgan fingerprint density at radius 1 is 0.971 bits per heavy atom. The van der Waals surface area contributed by atoms with E-state index in [0.717, 1.165) is 54.7 Å². The van der Waals surface area contributed by atoms with Crippen LogP contribution in [0.3, 0.4) is 0 Å². The second kappa shape index (κ2) is 8.18. The molecule has 3 fully saturated rings. The third-order valence-electron chi connectivity index (χ3n) is 7.13. The van der Waals surface area contributed by atoms with Crippen LogP contribution in [-0.4, -0.2) is 42.4 Å². The van der Waals surface area contributed by atoms with Crippen molar-refractivity contribution >= 4 is 28.5 Å². The molecule has 2 aromatic heterocycles. The second-order valence-electron chi connectivity index (χ2n) is 9.11. The maximum atomic E-state index is 13.7. The van der Waals surface area contributed by atoms with Gasteiger partial charge < -0.3 is 24.4 Å². The number of nitrogens with zero attached hydrogens (tertiary/aromatic N) is 2. The summed E-state index contributed by atoms with van der Waals surface area (Å²) in [5, 5.41) is 0.803. The van der Waals surface area contributed by atoms with Gasteiger partial charge in [0, 0.05) is 23.2 Å². The molecule has 34 heavy (non-hydrogen) atoms. The Labute approximate surface area is 196 Å². The van der Waals surface area contributed by atoms with Gasteiger partial charge in [0.05, 0.1) is 12.3 Å². The SMILES string of the molecule is NC(=O)c1cc2cccc(-c3cccc(N(C(=O)c4ccco4)[C@H]4CN5CCC4CC5)c3)c2o1. The number of hydrogen-bond donors (Lipinski definition) is 1. The number of hydrogen-bond acceptors (Lipinski definition) is 5. The van der Waals surface area contributed by atoms with Crippen molar-refractivity contribution in [1.29, 1.82) is 0 Å². The number of primary amides is 1. The third kappa shape index (κ3) is 3.49. The summed E-state index contributed by atoms with van der Waals surface area (Å²) < 4.78 is 11.3. The minimum Gasteiger partial charge on any atom is -0.459 e. The van der Waals surface area contributed by atoms with E-state index in [2.05, 4.69) is 4.90 Å². The largest absolute Gasteiger partial charge is 0.459 e. The molecule has 2 N–H and O–H groups in total. The lowest BCUT2D eigenvalue weighted by Gasteiger charge is -2.48. The summed E-state index contributed by atoms with van der Waals surface area (Å²) in [6, 6.07) is 18.9. The van der Waals surface area contributed by atoms with Crippen molar-refractivity contribution in [3.8, 4) is 11.1 Å². The monoisotopic (exact) mass is 455 g/mol. The van der Waals surface area contributed by atoms with E-state index in [9.17, 15) is 9.59 Å². The average molecular weight is 456 g/mol. The maximum Gasteiger partial charge on any atom is 0.294 e. The zero-order valence-corrected chi connectivity index (χ0v) is 18.6. The Morgan fingerprint density at radius 2 is 1.79 bits per heavy atom. The van der Waals surface area contributed by atoms with Crippen molar-refractivity contribution in [2.24, 2.45) is 11.7 Å². The number of nitrogens with two attached hydrogens (primary N) is 1. The van der Waals surface area contributed by atoms with Crippen LogP contribution >= 0.6 is 0 Å². The van der Waals surface area contributed by atoms with Crippen LogP contribution in [0.1, 0.15) is 34.0 Å². The minimum absolute atomic E-state index is 0.0798. The van der Waals surface area contributed by atoms with Gasteiger partial charge in [-0.2, -0.15) is 0 Å². The first-order valence-corrected chi connectivity index (χ1v) is 11.6. The van der Waals surface area contributed by atoms with E-state index >= 15 is 0 Å². The number of benzene rings is 2. The van der Waals surface area contributed by atoms with Crippen molar-refractivity contribution in [2.75, 3.05) is 24.5 Å². The molecule has 0 aliphatic carbocycles. The fourth-order valence-electron chi connectivity index (χ4n) is 5.44. The molecule has 3 saturated heterocycles. The average Bonchev–Trinajstić information content (AvgIpc) is 3.55. The van der Waals surface area contributed by atoms with Crippen LogP contribution in [0.2, 0.25) is 0 Å². The Bertz CT molecular complexity index is 1370. The standard InChI is InChI=1S/C27H25N3O4/c28-26(31)24-15-19-5-2-7-21(25(19)34-24)18-4-1-6-20(14-18)30(27(32)23-8-3-13-33-23)22-16-29-11-9-17(22)10-12-29/h1-8,13-15,17,22H,9-12,16H2,(H2,28,31)/t22-/m0/s1. The van der Waals surface area contributed by atoms with E-state index in [1.807, 2.05) is 47.4 Å². The van der Waals surface area contributed by atoms with Gasteiger partial charge in [0.25, 0.3) is 11.8 Å². The molecule has 3 aliphatic heterocycles. The lowest BCUT2D eigenvalue weighted by molar-refractivity contribution is 0.0719. The summed E-state index contributed by atoms with van der Waals surface area (Å²) in [4.78, 5) is 29.7. The van der Waals surface area contributed by atoms with Crippen LogP contribution in [0, 0.1) is 5.92 Å². The van der Waals surface area contributed by atoms with Crippen molar-refractivity contribution in [3.05, 3.63) is 78.4 Å². The van der Waals surface area contributed by atoms with Crippen LogP contribution in [0.15, 0.2) is 75.8 Å². The van der Waals surface area contributed by atoms with Gasteiger partial charge in [-0.1, -0.05) is 30.3 Å². The molecule has 0 spiro atoms. The molecule has 7 nitrogen and oxygen atoms in total. The van der Waals surface area contributed by atoms with Crippen molar-refractivity contribution in [2.45, 2.75) is 18.9 Å². The summed E-state index contributed by atoms with van der Waals surface area (Å²) in [5.74, 6) is 0.183. The van der Waals surface area contributed by atoms with E-state index in [1.54, 1.807) is 18.2 Å². The van der Waals surface area contributed by atoms with Gasteiger partial charge in [0.15, 0.2) is 11.5 Å². The molecule has 2 aromatic carbocycles. The number of amides is 2. The van der Waals surface area contributed by atoms with E-state index in [-0.39, 0.29) is 17.7 Å². The fourth-order valence-corrected chi connectivity index (χ4v) is 5.44. The molecule has 172 valence electrons. The molecule has 1 atom stereocenters. The van der Waals surface area contributed by atoms with Crippen LogP contribution in [0.4, 0.5) is 5.69 Å². The molecule has 4 aromatic rings. The zero-order valence-electron chi connectivity index (χ0n) is 18.6. The lowest BCUT2D eigenvalue weighted by atomic mass is 9.82. The Kier molecular flexibility index (Phi) is 4.99. The highest BCUT2D eigenvalue weighted by molar-refractivity contribution is 6.05. The fraction of sp³-hybridized carbons (Fsp3) is 0.259. The van der Waals surface area contributed by atoms with E-state index in [4.69, 9.17) is 14.6 Å². The second-order valence-corrected chi connectivity index (χ2v) is 9.11. The lowest BCUT2D eigenvalue weighted by Crippen LogP contribution is -2.59. The quantitative estimate of drug-likeness (QED) is 0.477. The molecule has 0 radical (unpaired) electrons. The van der Waals surface area contributed by atoms with Gasteiger partial charge in [-0.05, 0) is 67.7 Å². The first-order valence-electron chi connectivity index (χ1n) is 11.6. The smallest absolute Gasteiger partial charge is 0.294 e. The van der Waals surface area contributed by atoms with Gasteiger partial charge >= 0.3 is 0 Å². The van der Waals surface area contributed by atoms with Gasteiger partial charge in [-0.3, -0.25) is 9.59 Å². The molecule has 0 unspecified atom stereocenters. The molecule has 2 amide bonds. The molecular formula is C27H25N3O4. The molecule has 7 heteroatoms. The van der Waals surface area contributed by atoms with Crippen molar-refractivity contribution < 1.29 is 18.4 Å². The van der Waals surface area contributed by atoms with Crippen LogP contribution < -0.4 is 10.6 Å². The van der Waals surface area contributed by atoms with Gasteiger partial charge in [0.2, 0.25) is 0 Å². The maximum absolute atomic E-state index is 13.7. The highest BCUT2D eigenvalue weighted by atomic mass is 16.3. The Morgan fingerprint density at radius 3 is 2.50 bits per heavy atom. The number of anilines is 1. The van der Waals surface area contributed by atoms with E-state index < -0.39 is 5.91 Å². The Hall–Kier alpha value is -3.84. The normalized spacial score (nSPS) is 21.6. The predicted octanol–water partition coefficient (Wildman–Crippen LogP) is 4.53. The number of para-hydroxylation sites is 1. The summed E-state index contributed by atoms with van der Waals surface area (Å²) in [6.45, 7) is 3.04. The number of rotatable bonds is 5. The molecule has 3 aliphatic rings. The van der Waals surface area contributed by atoms with Crippen LogP contribution in [0.25, 0.3) is 22.1 Å². The number of furan rings is 2. The molecular weight excluding hydrogens is 430 g/mol. The van der Waals surface area contributed by atoms with Gasteiger partial charge in [-0.15, -0.1) is 0 Å². The van der Waals surface area contributed by atoms with Crippen molar-refractivity contribution in [3.63, 3.8) is 0 Å². The molecule has 2 bridgehead atoms. The summed E-state index contributed by atoms with van der Waals surface area (Å²) >= 11 is 0. The predicted molar refractivity (Wildman–Crippen MR) is 129 cm³/mol. The van der Waals surface area contributed by atoms with Gasteiger partial charge in [-0.25, -0.2) is 0 Å². The zero-order chi connectivity index (χ0) is 23.2. The minimum atomic E-state index is -0.603. The summed E-state index contributed by atoms with van der Waals surface area (Å²) in [6.07, 6.45) is 3.72. The molecule has 5 heterocycles. The first kappa shape index (κ1) is 20.7. The van der Waals surface area contributed by atoms with Crippen molar-refractivity contribution in [1.82, 2.24) is 4.90 Å². The highest BCUT2D eigenvalue weighted by Crippen LogP contribution is 2.37. The van der Waals surface area contributed by atoms with E-state index in [1.165, 1.54) is 6.26 Å². The highest BCUT2D eigenvalue weighted by Gasteiger charge is 2.40. The molecule has 7 rings (SSSR count). The van der Waals surface area contributed by atoms with Gasteiger partial charge in [0.1, 0.15) is 5.58 Å². The van der Waals surface area contributed by atoms with E-state index in [0.29, 0.717) is 17.3 Å². The first-order chi connectivity index (χ1) is 16.6. The Balaban J connectivity index is 1.45.